The Morgan fingerprint density at radius 2 is 2.07 bits per heavy atom. The zero-order chi connectivity index (χ0) is 11.5. The molecule has 1 aromatic rings. The molecule has 0 amide bonds. The highest BCUT2D eigenvalue weighted by Gasteiger charge is 2.29. The molecule has 15 heavy (non-hydrogen) atoms. The average Bonchev–Trinajstić information content (AvgIpc) is 2.16. The van der Waals surface area contributed by atoms with Crippen LogP contribution in [0.4, 0.5) is 8.78 Å². The van der Waals surface area contributed by atoms with Gasteiger partial charge in [-0.15, -0.1) is 0 Å². The molecule has 0 aromatic heterocycles. The van der Waals surface area contributed by atoms with E-state index in [-0.39, 0.29) is 11.3 Å². The van der Waals surface area contributed by atoms with Crippen molar-refractivity contribution in [2.45, 2.75) is 19.3 Å². The Bertz CT molecular complexity index is 334. The van der Waals surface area contributed by atoms with Gasteiger partial charge in [-0.2, -0.15) is 0 Å². The van der Waals surface area contributed by atoms with Crippen LogP contribution in [0.2, 0.25) is 0 Å². The van der Waals surface area contributed by atoms with E-state index in [0.29, 0.717) is 13.0 Å². The fourth-order valence-corrected chi connectivity index (χ4v) is 1.52. The van der Waals surface area contributed by atoms with Gasteiger partial charge in [-0.25, -0.2) is 8.78 Å². The second-order valence-electron chi connectivity index (χ2n) is 3.42. The summed E-state index contributed by atoms with van der Waals surface area (Å²) < 4.78 is 31.4. The number of ether oxygens (including phenoxy) is 1. The van der Waals surface area contributed by atoms with Crippen molar-refractivity contribution >= 4 is 0 Å². The molecular formula is C11H15F2NO. The molecule has 0 saturated carbocycles. The minimum atomic E-state index is -2.89. The van der Waals surface area contributed by atoms with Crippen LogP contribution in [0.5, 0.6) is 5.75 Å². The van der Waals surface area contributed by atoms with Gasteiger partial charge in [-0.05, 0) is 24.6 Å². The van der Waals surface area contributed by atoms with E-state index < -0.39 is 5.92 Å². The lowest BCUT2D eigenvalue weighted by molar-refractivity contribution is 0.0149. The second kappa shape index (κ2) is 4.57. The van der Waals surface area contributed by atoms with E-state index in [1.165, 1.54) is 13.2 Å². The first-order valence-corrected chi connectivity index (χ1v) is 4.75. The molecule has 0 bridgehead atoms. The van der Waals surface area contributed by atoms with Crippen LogP contribution in [-0.4, -0.2) is 13.7 Å². The van der Waals surface area contributed by atoms with Gasteiger partial charge in [0, 0.05) is 6.92 Å². The molecular weight excluding hydrogens is 200 g/mol. The van der Waals surface area contributed by atoms with E-state index in [4.69, 9.17) is 10.5 Å². The van der Waals surface area contributed by atoms with Crippen molar-refractivity contribution in [1.82, 2.24) is 0 Å². The Kier molecular flexibility index (Phi) is 3.63. The van der Waals surface area contributed by atoms with Crippen LogP contribution in [-0.2, 0) is 12.3 Å². The summed E-state index contributed by atoms with van der Waals surface area (Å²) in [6, 6.07) is 4.72. The number of hydrogen-bond acceptors (Lipinski definition) is 2. The zero-order valence-corrected chi connectivity index (χ0v) is 8.89. The summed E-state index contributed by atoms with van der Waals surface area (Å²) in [6.07, 6.45) is 0.535. The van der Waals surface area contributed by atoms with Gasteiger partial charge >= 0.3 is 0 Å². The van der Waals surface area contributed by atoms with Crippen LogP contribution in [0.15, 0.2) is 18.2 Å². The molecule has 0 heterocycles. The number of nitrogens with two attached hydrogens (primary N) is 1. The minimum Gasteiger partial charge on any atom is -0.496 e. The predicted octanol–water partition coefficient (Wildman–Crippen LogP) is 2.31. The summed E-state index contributed by atoms with van der Waals surface area (Å²) in [5.74, 6) is -2.65. The molecule has 0 saturated heterocycles. The Hall–Kier alpha value is -1.16. The van der Waals surface area contributed by atoms with Gasteiger partial charge in [0.05, 0.1) is 12.7 Å². The number of rotatable bonds is 4. The van der Waals surface area contributed by atoms with Crippen LogP contribution < -0.4 is 10.5 Å². The first kappa shape index (κ1) is 11.9. The Morgan fingerprint density at radius 3 is 2.53 bits per heavy atom. The molecule has 2 nitrogen and oxygen atoms in total. The smallest absolute Gasteiger partial charge is 0.274 e. The predicted molar refractivity (Wildman–Crippen MR) is 55.3 cm³/mol. The number of para-hydroxylation sites is 1. The maximum Gasteiger partial charge on any atom is 0.274 e. The fraction of sp³-hybridized carbons (Fsp3) is 0.455. The topological polar surface area (TPSA) is 35.2 Å². The average molecular weight is 215 g/mol. The molecule has 0 radical (unpaired) electrons. The maximum atomic E-state index is 13.2. The van der Waals surface area contributed by atoms with E-state index in [0.717, 1.165) is 12.5 Å². The first-order valence-electron chi connectivity index (χ1n) is 4.75. The lowest BCUT2D eigenvalue weighted by Crippen LogP contribution is -2.12. The number of alkyl halides is 2. The van der Waals surface area contributed by atoms with E-state index in [9.17, 15) is 8.78 Å². The van der Waals surface area contributed by atoms with Crippen LogP contribution in [0.25, 0.3) is 0 Å². The van der Waals surface area contributed by atoms with Crippen molar-refractivity contribution in [3.8, 4) is 5.75 Å². The summed E-state index contributed by atoms with van der Waals surface area (Å²) in [7, 11) is 1.39. The highest BCUT2D eigenvalue weighted by atomic mass is 19.3. The van der Waals surface area contributed by atoms with E-state index in [1.54, 1.807) is 12.1 Å². The van der Waals surface area contributed by atoms with Gasteiger partial charge in [0.1, 0.15) is 5.75 Å². The van der Waals surface area contributed by atoms with Gasteiger partial charge in [-0.1, -0.05) is 12.1 Å². The number of benzene rings is 1. The fourth-order valence-electron chi connectivity index (χ4n) is 1.52. The number of methoxy groups -OCH3 is 1. The zero-order valence-electron chi connectivity index (χ0n) is 8.89. The van der Waals surface area contributed by atoms with Crippen molar-refractivity contribution < 1.29 is 13.5 Å². The minimum absolute atomic E-state index is 0.0871. The highest BCUT2D eigenvalue weighted by molar-refractivity contribution is 5.43. The van der Waals surface area contributed by atoms with Crippen molar-refractivity contribution in [2.24, 2.45) is 5.73 Å². The summed E-state index contributed by atoms with van der Waals surface area (Å²) in [5.41, 5.74) is 6.03. The third-order valence-corrected chi connectivity index (χ3v) is 2.19. The normalized spacial score (nSPS) is 11.5. The van der Waals surface area contributed by atoms with Crippen LogP contribution in [0.3, 0.4) is 0 Å². The van der Waals surface area contributed by atoms with Crippen molar-refractivity contribution in [1.29, 1.82) is 0 Å². The highest BCUT2D eigenvalue weighted by Crippen LogP contribution is 2.36. The van der Waals surface area contributed by atoms with Crippen molar-refractivity contribution in [3.63, 3.8) is 0 Å². The number of hydrogen-bond donors (Lipinski definition) is 1. The van der Waals surface area contributed by atoms with Crippen LogP contribution >= 0.6 is 0 Å². The number of halogens is 2. The van der Waals surface area contributed by atoms with Gasteiger partial charge in [-0.3, -0.25) is 0 Å². The third kappa shape index (κ3) is 2.65. The van der Waals surface area contributed by atoms with E-state index >= 15 is 0 Å². The quantitative estimate of drug-likeness (QED) is 0.836. The Balaban J connectivity index is 3.22. The lowest BCUT2D eigenvalue weighted by atomic mass is 10.0. The largest absolute Gasteiger partial charge is 0.496 e. The molecule has 0 aliphatic heterocycles. The van der Waals surface area contributed by atoms with Crippen molar-refractivity contribution in [3.05, 3.63) is 29.3 Å². The first-order chi connectivity index (χ1) is 7.00. The van der Waals surface area contributed by atoms with Gasteiger partial charge < -0.3 is 10.5 Å². The summed E-state index contributed by atoms with van der Waals surface area (Å²) in [5, 5.41) is 0. The Labute approximate surface area is 88.0 Å². The maximum absolute atomic E-state index is 13.2. The summed E-state index contributed by atoms with van der Waals surface area (Å²) in [4.78, 5) is 0. The molecule has 1 aromatic carbocycles. The van der Waals surface area contributed by atoms with Gasteiger partial charge in [0.2, 0.25) is 0 Å². The molecule has 84 valence electrons. The molecule has 0 unspecified atom stereocenters. The molecule has 4 heteroatoms. The molecule has 0 fully saturated rings. The second-order valence-corrected chi connectivity index (χ2v) is 3.42. The molecule has 2 N–H and O–H groups in total. The summed E-state index contributed by atoms with van der Waals surface area (Å²) in [6.45, 7) is 1.27. The molecule has 0 aliphatic carbocycles. The monoisotopic (exact) mass is 215 g/mol. The van der Waals surface area contributed by atoms with E-state index in [2.05, 4.69) is 0 Å². The lowest BCUT2D eigenvalue weighted by Gasteiger charge is -2.17. The van der Waals surface area contributed by atoms with Crippen LogP contribution in [0.1, 0.15) is 18.1 Å². The third-order valence-electron chi connectivity index (χ3n) is 2.19. The summed E-state index contributed by atoms with van der Waals surface area (Å²) >= 11 is 0. The van der Waals surface area contributed by atoms with Gasteiger partial charge in [0.25, 0.3) is 5.92 Å². The molecule has 0 atom stereocenters. The van der Waals surface area contributed by atoms with E-state index in [1.807, 2.05) is 0 Å². The van der Waals surface area contributed by atoms with Crippen molar-refractivity contribution in [2.75, 3.05) is 13.7 Å². The standard InChI is InChI=1S/C11H15F2NO/c1-11(12,13)9-5-3-4-8(6-7-14)10(9)15-2/h3-5H,6-7,14H2,1-2H3. The Morgan fingerprint density at radius 1 is 1.40 bits per heavy atom. The van der Waals surface area contributed by atoms with Crippen LogP contribution in [0, 0.1) is 0 Å². The SMILES string of the molecule is COc1c(CCN)cccc1C(C)(F)F. The van der Waals surface area contributed by atoms with Gasteiger partial charge in [0.15, 0.2) is 0 Å². The molecule has 0 spiro atoms. The molecule has 1 rings (SSSR count). The molecule has 0 aliphatic rings.